The van der Waals surface area contributed by atoms with Gasteiger partial charge in [0.2, 0.25) is 5.28 Å². The lowest BCUT2D eigenvalue weighted by Gasteiger charge is -2.73. The zero-order valence-corrected chi connectivity index (χ0v) is 15.6. The van der Waals surface area contributed by atoms with Gasteiger partial charge in [-0.1, -0.05) is 12.2 Å². The third kappa shape index (κ3) is 2.49. The maximum Gasteiger partial charge on any atom is 0.394 e. The largest absolute Gasteiger partial charge is 0.394 e. The number of alkyl halides is 3. The van der Waals surface area contributed by atoms with Crippen LogP contribution in [0.25, 0.3) is 0 Å². The van der Waals surface area contributed by atoms with Crippen LogP contribution in [0, 0.1) is 5.41 Å². The molecule has 0 spiro atoms. The van der Waals surface area contributed by atoms with Gasteiger partial charge in [0.25, 0.3) is 0 Å². The van der Waals surface area contributed by atoms with Crippen LogP contribution in [0.1, 0.15) is 26.2 Å². The molecule has 0 aliphatic heterocycles. The van der Waals surface area contributed by atoms with Crippen LogP contribution in [0.15, 0.2) is 16.6 Å². The molecule has 0 amide bonds. The van der Waals surface area contributed by atoms with Gasteiger partial charge in [-0.05, 0) is 53.7 Å². The zero-order chi connectivity index (χ0) is 17.9. The molecule has 132 valence electrons. The lowest BCUT2D eigenvalue weighted by atomic mass is 9.38. The molecule has 0 saturated heterocycles. The van der Waals surface area contributed by atoms with Crippen molar-refractivity contribution in [2.75, 3.05) is 23.8 Å². The molecular formula is C15H17BrClF3N4. The summed E-state index contributed by atoms with van der Waals surface area (Å²) in [7, 11) is 1.69. The van der Waals surface area contributed by atoms with Crippen LogP contribution in [0.3, 0.4) is 0 Å². The highest BCUT2D eigenvalue weighted by atomic mass is 79.9. The first-order chi connectivity index (χ1) is 11.0. The Kier molecular flexibility index (Phi) is 4.07. The number of hydrogen-bond acceptors (Lipinski definition) is 4. The lowest BCUT2D eigenvalue weighted by Crippen LogP contribution is -2.79. The van der Waals surface area contributed by atoms with Crippen LogP contribution in [0.5, 0.6) is 0 Å². The highest BCUT2D eigenvalue weighted by molar-refractivity contribution is 9.10. The van der Waals surface area contributed by atoms with Crippen molar-refractivity contribution in [1.82, 2.24) is 9.97 Å². The summed E-state index contributed by atoms with van der Waals surface area (Å²) in [6, 6.07) is 0. The number of rotatable bonds is 5. The van der Waals surface area contributed by atoms with E-state index in [2.05, 4.69) is 37.8 Å². The molecule has 3 aliphatic carbocycles. The van der Waals surface area contributed by atoms with Crippen LogP contribution >= 0.6 is 27.5 Å². The molecule has 0 unspecified atom stereocenters. The van der Waals surface area contributed by atoms with Crippen LogP contribution in [-0.4, -0.2) is 35.3 Å². The van der Waals surface area contributed by atoms with Crippen LogP contribution in [0.4, 0.5) is 24.8 Å². The topological polar surface area (TPSA) is 41.1 Å². The molecule has 4 rings (SSSR count). The number of anilines is 2. The summed E-state index contributed by atoms with van der Waals surface area (Å²) in [6.45, 7) is 6.16. The third-order valence-electron chi connectivity index (χ3n) is 4.90. The highest BCUT2D eigenvalue weighted by Gasteiger charge is 2.80. The van der Waals surface area contributed by atoms with Gasteiger partial charge in [-0.15, -0.1) is 0 Å². The number of nitrogens with one attached hydrogen (secondary N) is 1. The molecular weight excluding hydrogens is 409 g/mol. The first-order valence-corrected chi connectivity index (χ1v) is 8.60. The summed E-state index contributed by atoms with van der Waals surface area (Å²) in [6.07, 6.45) is -3.90. The molecule has 2 bridgehead atoms. The maximum atomic E-state index is 13.2. The van der Waals surface area contributed by atoms with E-state index in [1.165, 1.54) is 0 Å². The van der Waals surface area contributed by atoms with E-state index < -0.39 is 17.1 Å². The first kappa shape index (κ1) is 17.8. The Bertz CT molecular complexity index is 687. The van der Waals surface area contributed by atoms with Gasteiger partial charge in [-0.3, -0.25) is 0 Å². The molecule has 1 N–H and O–H groups in total. The fourth-order valence-electron chi connectivity index (χ4n) is 3.81. The minimum absolute atomic E-state index is 0.0430. The predicted molar refractivity (Wildman–Crippen MR) is 91.5 cm³/mol. The molecule has 1 aromatic heterocycles. The fourth-order valence-corrected chi connectivity index (χ4v) is 4.57. The van der Waals surface area contributed by atoms with E-state index >= 15 is 0 Å². The minimum Gasteiger partial charge on any atom is -0.372 e. The van der Waals surface area contributed by atoms with Crippen LogP contribution in [-0.2, 0) is 0 Å². The third-order valence-corrected chi connectivity index (χ3v) is 5.80. The first-order valence-electron chi connectivity index (χ1n) is 7.43. The average molecular weight is 426 g/mol. The smallest absolute Gasteiger partial charge is 0.372 e. The van der Waals surface area contributed by atoms with Crippen molar-refractivity contribution in [3.05, 3.63) is 21.9 Å². The van der Waals surface area contributed by atoms with Crippen molar-refractivity contribution in [3.63, 3.8) is 0 Å². The standard InChI is InChI=1S/C15H17BrClF3N4/c1-8(2)4-24(11-9(16)10(21-3)22-12(17)23-11)14-5-13(6-14,7-14)15(18,19)20/h1,4-7H2,2-3H3,(H,21,22,23). The van der Waals surface area contributed by atoms with E-state index in [0.29, 0.717) is 22.7 Å². The van der Waals surface area contributed by atoms with Gasteiger partial charge in [0.1, 0.15) is 10.3 Å². The molecule has 3 fully saturated rings. The molecule has 9 heteroatoms. The second kappa shape index (κ2) is 5.49. The van der Waals surface area contributed by atoms with Crippen molar-refractivity contribution >= 4 is 39.2 Å². The van der Waals surface area contributed by atoms with Gasteiger partial charge in [0, 0.05) is 19.1 Å². The highest BCUT2D eigenvalue weighted by Crippen LogP contribution is 2.75. The monoisotopic (exact) mass is 424 g/mol. The molecule has 0 radical (unpaired) electrons. The van der Waals surface area contributed by atoms with E-state index in [9.17, 15) is 13.2 Å². The van der Waals surface area contributed by atoms with Gasteiger partial charge in [-0.2, -0.15) is 23.1 Å². The zero-order valence-electron chi connectivity index (χ0n) is 13.3. The SMILES string of the molecule is C=C(C)CN(c1nc(Cl)nc(NC)c1Br)C12CC(C(F)(F)F)(C1)C2. The molecule has 0 aromatic carbocycles. The number of nitrogens with zero attached hydrogens (tertiary/aromatic N) is 3. The normalized spacial score (nSPS) is 28.0. The fraction of sp³-hybridized carbons (Fsp3) is 0.600. The van der Waals surface area contributed by atoms with E-state index in [4.69, 9.17) is 11.6 Å². The molecule has 1 aromatic rings. The van der Waals surface area contributed by atoms with Gasteiger partial charge in [0.15, 0.2) is 5.82 Å². The quantitative estimate of drug-likeness (QED) is 0.543. The number of aromatic nitrogens is 2. The summed E-state index contributed by atoms with van der Waals surface area (Å²) in [5.74, 6) is 0.992. The van der Waals surface area contributed by atoms with Gasteiger partial charge >= 0.3 is 6.18 Å². The second-order valence-corrected chi connectivity index (χ2v) is 7.94. The minimum atomic E-state index is -4.15. The van der Waals surface area contributed by atoms with Gasteiger partial charge < -0.3 is 10.2 Å². The Hall–Kier alpha value is -1.02. The Balaban J connectivity index is 1.97. The molecule has 0 atom stereocenters. The summed E-state index contributed by atoms with van der Waals surface area (Å²) in [4.78, 5) is 10.2. The number of hydrogen-bond donors (Lipinski definition) is 1. The molecule has 4 nitrogen and oxygen atoms in total. The molecule has 24 heavy (non-hydrogen) atoms. The summed E-state index contributed by atoms with van der Waals surface area (Å²) in [5, 5.41) is 2.95. The maximum absolute atomic E-state index is 13.2. The van der Waals surface area contributed by atoms with Gasteiger partial charge in [0.05, 0.1) is 5.41 Å². The van der Waals surface area contributed by atoms with Crippen molar-refractivity contribution in [2.45, 2.75) is 37.9 Å². The van der Waals surface area contributed by atoms with Crippen LogP contribution < -0.4 is 10.2 Å². The summed E-state index contributed by atoms with van der Waals surface area (Å²) in [5.41, 5.74) is -1.23. The molecule has 3 saturated carbocycles. The summed E-state index contributed by atoms with van der Waals surface area (Å²) < 4.78 is 40.1. The van der Waals surface area contributed by atoms with Crippen LogP contribution in [0.2, 0.25) is 5.28 Å². The van der Waals surface area contributed by atoms with E-state index in [0.717, 1.165) is 5.57 Å². The van der Waals surface area contributed by atoms with Crippen molar-refractivity contribution in [1.29, 1.82) is 0 Å². The Morgan fingerprint density at radius 2 is 1.96 bits per heavy atom. The Morgan fingerprint density at radius 1 is 1.38 bits per heavy atom. The second-order valence-electron chi connectivity index (χ2n) is 6.80. The van der Waals surface area contributed by atoms with E-state index in [1.807, 2.05) is 11.8 Å². The Morgan fingerprint density at radius 3 is 2.42 bits per heavy atom. The number of halogens is 5. The van der Waals surface area contributed by atoms with Crippen molar-refractivity contribution in [3.8, 4) is 0 Å². The predicted octanol–water partition coefficient (Wildman–Crippen LogP) is 4.80. The summed E-state index contributed by atoms with van der Waals surface area (Å²) >= 11 is 9.44. The Labute approximate surface area is 151 Å². The van der Waals surface area contributed by atoms with Crippen molar-refractivity contribution < 1.29 is 13.2 Å². The van der Waals surface area contributed by atoms with E-state index in [-0.39, 0.29) is 24.5 Å². The van der Waals surface area contributed by atoms with E-state index in [1.54, 1.807) is 7.05 Å². The average Bonchev–Trinajstić information content (AvgIpc) is 2.34. The molecule has 3 aliphatic rings. The lowest BCUT2D eigenvalue weighted by molar-refractivity contribution is -0.332. The van der Waals surface area contributed by atoms with Crippen molar-refractivity contribution in [2.24, 2.45) is 5.41 Å². The van der Waals surface area contributed by atoms with Gasteiger partial charge in [-0.25, -0.2) is 0 Å². The molecule has 1 heterocycles.